The van der Waals surface area contributed by atoms with E-state index in [-0.39, 0.29) is 22.8 Å². The van der Waals surface area contributed by atoms with Gasteiger partial charge in [-0.15, -0.1) is 0 Å². The normalized spacial score (nSPS) is 15.7. The maximum atomic E-state index is 12.4. The molecule has 1 saturated heterocycles. The van der Waals surface area contributed by atoms with Crippen LogP contribution in [0.5, 0.6) is 0 Å². The van der Waals surface area contributed by atoms with Crippen LogP contribution in [0.1, 0.15) is 23.2 Å². The lowest BCUT2D eigenvalue weighted by atomic mass is 9.99. The molecule has 1 fully saturated rings. The van der Waals surface area contributed by atoms with E-state index in [9.17, 15) is 14.9 Å². The van der Waals surface area contributed by atoms with E-state index in [2.05, 4.69) is 0 Å². The van der Waals surface area contributed by atoms with Gasteiger partial charge < -0.3 is 15.4 Å². The van der Waals surface area contributed by atoms with Crippen molar-refractivity contribution in [2.24, 2.45) is 5.92 Å². The van der Waals surface area contributed by atoms with E-state index in [1.54, 1.807) is 11.9 Å². The molecule has 0 unspecified atom stereocenters. The van der Waals surface area contributed by atoms with E-state index in [1.165, 1.54) is 18.2 Å². The number of hydrogen-bond acceptors (Lipinski definition) is 5. The Morgan fingerprint density at radius 1 is 1.48 bits per heavy atom. The first kappa shape index (κ1) is 15.2. The second-order valence-electron chi connectivity index (χ2n) is 5.27. The molecule has 0 aliphatic carbocycles. The van der Waals surface area contributed by atoms with Crippen molar-refractivity contribution in [3.8, 4) is 0 Å². The zero-order valence-electron chi connectivity index (χ0n) is 11.9. The third-order valence-electron chi connectivity index (χ3n) is 3.70. The third-order valence-corrected chi connectivity index (χ3v) is 3.70. The van der Waals surface area contributed by atoms with Crippen LogP contribution >= 0.6 is 0 Å². The topological polar surface area (TPSA) is 98.7 Å². The van der Waals surface area contributed by atoms with Crippen LogP contribution in [-0.4, -0.2) is 42.5 Å². The molecule has 1 aliphatic heterocycles. The van der Waals surface area contributed by atoms with E-state index in [0.717, 1.165) is 12.8 Å². The highest BCUT2D eigenvalue weighted by atomic mass is 16.6. The molecule has 0 saturated carbocycles. The van der Waals surface area contributed by atoms with Gasteiger partial charge in [-0.2, -0.15) is 0 Å². The second kappa shape index (κ2) is 6.53. The molecule has 0 spiro atoms. The zero-order chi connectivity index (χ0) is 15.4. The highest BCUT2D eigenvalue weighted by Gasteiger charge is 2.22. The summed E-state index contributed by atoms with van der Waals surface area (Å²) in [6, 6.07) is 3.93. The SMILES string of the molecule is CN(CC1CCOCC1)C(=O)c1cc([N+](=O)[O-])ccc1N. The minimum absolute atomic E-state index is 0.132. The van der Waals surface area contributed by atoms with Gasteiger partial charge in [0.05, 0.1) is 10.5 Å². The second-order valence-corrected chi connectivity index (χ2v) is 5.27. The highest BCUT2D eigenvalue weighted by molar-refractivity contribution is 5.99. The van der Waals surface area contributed by atoms with Crippen molar-refractivity contribution in [3.63, 3.8) is 0 Å². The van der Waals surface area contributed by atoms with Crippen LogP contribution in [0.2, 0.25) is 0 Å². The molecule has 114 valence electrons. The fourth-order valence-electron chi connectivity index (χ4n) is 2.45. The number of anilines is 1. The first-order chi connectivity index (χ1) is 9.99. The first-order valence-electron chi connectivity index (χ1n) is 6.86. The molecule has 7 heteroatoms. The number of rotatable bonds is 4. The lowest BCUT2D eigenvalue weighted by molar-refractivity contribution is -0.384. The molecule has 1 amide bonds. The Labute approximate surface area is 122 Å². The van der Waals surface area contributed by atoms with Crippen LogP contribution in [0, 0.1) is 16.0 Å². The van der Waals surface area contributed by atoms with Gasteiger partial charge in [0.15, 0.2) is 0 Å². The average Bonchev–Trinajstić information content (AvgIpc) is 2.47. The Balaban J connectivity index is 2.10. The number of benzene rings is 1. The van der Waals surface area contributed by atoms with Crippen LogP contribution in [0.3, 0.4) is 0 Å². The van der Waals surface area contributed by atoms with Gasteiger partial charge in [0.1, 0.15) is 0 Å². The number of carbonyl (C=O) groups is 1. The van der Waals surface area contributed by atoms with Gasteiger partial charge in [-0.3, -0.25) is 14.9 Å². The van der Waals surface area contributed by atoms with Gasteiger partial charge >= 0.3 is 0 Å². The molecular weight excluding hydrogens is 274 g/mol. The molecule has 0 bridgehead atoms. The predicted octanol–water partition coefficient (Wildman–Crippen LogP) is 1.68. The van der Waals surface area contributed by atoms with Crippen LogP contribution in [0.4, 0.5) is 11.4 Å². The van der Waals surface area contributed by atoms with E-state index in [4.69, 9.17) is 10.5 Å². The van der Waals surface area contributed by atoms with Gasteiger partial charge in [-0.1, -0.05) is 0 Å². The van der Waals surface area contributed by atoms with Crippen molar-refractivity contribution < 1.29 is 14.5 Å². The number of non-ortho nitro benzene ring substituents is 1. The van der Waals surface area contributed by atoms with E-state index < -0.39 is 4.92 Å². The third kappa shape index (κ3) is 3.69. The van der Waals surface area contributed by atoms with Crippen molar-refractivity contribution in [2.45, 2.75) is 12.8 Å². The van der Waals surface area contributed by atoms with Gasteiger partial charge in [-0.25, -0.2) is 0 Å². The Morgan fingerprint density at radius 3 is 2.76 bits per heavy atom. The minimum atomic E-state index is -0.533. The summed E-state index contributed by atoms with van der Waals surface area (Å²) < 4.78 is 5.29. The van der Waals surface area contributed by atoms with Crippen molar-refractivity contribution >= 4 is 17.3 Å². The van der Waals surface area contributed by atoms with Crippen molar-refractivity contribution in [3.05, 3.63) is 33.9 Å². The number of nitro groups is 1. The van der Waals surface area contributed by atoms with Crippen LogP contribution in [-0.2, 0) is 4.74 Å². The molecule has 1 heterocycles. The quantitative estimate of drug-likeness (QED) is 0.517. The number of nitro benzene ring substituents is 1. The molecule has 0 radical (unpaired) electrons. The lowest BCUT2D eigenvalue weighted by Crippen LogP contribution is -2.34. The number of nitrogen functional groups attached to an aromatic ring is 1. The van der Waals surface area contributed by atoms with Gasteiger partial charge in [0, 0.05) is 44.6 Å². The Kier molecular flexibility index (Phi) is 4.74. The average molecular weight is 293 g/mol. The van der Waals surface area contributed by atoms with E-state index >= 15 is 0 Å². The predicted molar refractivity (Wildman–Crippen MR) is 78.0 cm³/mol. The maximum absolute atomic E-state index is 12.4. The summed E-state index contributed by atoms with van der Waals surface area (Å²) >= 11 is 0. The molecule has 21 heavy (non-hydrogen) atoms. The molecule has 2 rings (SSSR count). The van der Waals surface area contributed by atoms with Crippen molar-refractivity contribution in [2.75, 3.05) is 32.5 Å². The summed E-state index contributed by atoms with van der Waals surface area (Å²) in [7, 11) is 1.69. The van der Waals surface area contributed by atoms with Crippen LogP contribution in [0.25, 0.3) is 0 Å². The van der Waals surface area contributed by atoms with E-state index in [0.29, 0.717) is 25.7 Å². The van der Waals surface area contributed by atoms with Crippen molar-refractivity contribution in [1.29, 1.82) is 0 Å². The number of amides is 1. The summed E-state index contributed by atoms with van der Waals surface area (Å²) in [5.74, 6) is 0.107. The van der Waals surface area contributed by atoms with Gasteiger partial charge in [0.2, 0.25) is 0 Å². The summed E-state index contributed by atoms with van der Waals surface area (Å²) in [5.41, 5.74) is 6.07. The highest BCUT2D eigenvalue weighted by Crippen LogP contribution is 2.22. The number of ether oxygens (including phenoxy) is 1. The standard InChI is InChI=1S/C14H19N3O4/c1-16(9-10-4-6-21-7-5-10)14(18)12-8-11(17(19)20)2-3-13(12)15/h2-3,8,10H,4-7,9,15H2,1H3. The first-order valence-corrected chi connectivity index (χ1v) is 6.86. The molecule has 1 aromatic rings. The Bertz CT molecular complexity index is 541. The Hall–Kier alpha value is -2.15. The summed E-state index contributed by atoms with van der Waals surface area (Å²) in [6.45, 7) is 2.03. The molecule has 7 nitrogen and oxygen atoms in total. The summed E-state index contributed by atoms with van der Waals surface area (Å²) in [5, 5.41) is 10.8. The fourth-order valence-corrected chi connectivity index (χ4v) is 2.45. The number of carbonyl (C=O) groups excluding carboxylic acids is 1. The molecule has 0 aromatic heterocycles. The summed E-state index contributed by atoms with van der Waals surface area (Å²) in [6.07, 6.45) is 1.84. The maximum Gasteiger partial charge on any atom is 0.270 e. The van der Waals surface area contributed by atoms with E-state index in [1.807, 2.05) is 0 Å². The van der Waals surface area contributed by atoms with Gasteiger partial charge in [-0.05, 0) is 24.8 Å². The Morgan fingerprint density at radius 2 is 2.14 bits per heavy atom. The zero-order valence-corrected chi connectivity index (χ0v) is 11.9. The van der Waals surface area contributed by atoms with Crippen LogP contribution in [0.15, 0.2) is 18.2 Å². The van der Waals surface area contributed by atoms with Gasteiger partial charge in [0.25, 0.3) is 11.6 Å². The van der Waals surface area contributed by atoms with Crippen molar-refractivity contribution in [1.82, 2.24) is 4.90 Å². The molecule has 1 aliphatic rings. The lowest BCUT2D eigenvalue weighted by Gasteiger charge is -2.27. The fraction of sp³-hybridized carbons (Fsp3) is 0.500. The largest absolute Gasteiger partial charge is 0.398 e. The molecular formula is C14H19N3O4. The number of nitrogens with two attached hydrogens (primary N) is 1. The monoisotopic (exact) mass is 293 g/mol. The summed E-state index contributed by atoms with van der Waals surface area (Å²) in [4.78, 5) is 24.2. The molecule has 2 N–H and O–H groups in total. The smallest absolute Gasteiger partial charge is 0.270 e. The minimum Gasteiger partial charge on any atom is -0.398 e. The number of nitrogens with zero attached hydrogens (tertiary/aromatic N) is 2. The molecule has 0 atom stereocenters. The molecule has 1 aromatic carbocycles. The number of hydrogen-bond donors (Lipinski definition) is 1. The van der Waals surface area contributed by atoms with Crippen LogP contribution < -0.4 is 5.73 Å².